The van der Waals surface area contributed by atoms with Crippen LogP contribution in [0.5, 0.6) is 0 Å². The minimum atomic E-state index is -0.0810. The largest absolute Gasteiger partial charge is 0.411 e. The Kier molecular flexibility index (Phi) is 65.6. The third-order valence-corrected chi connectivity index (χ3v) is 31.8. The fourth-order valence-corrected chi connectivity index (χ4v) is 24.1. The van der Waals surface area contributed by atoms with Crippen molar-refractivity contribution in [2.24, 2.45) is 39.1 Å². The van der Waals surface area contributed by atoms with Crippen molar-refractivity contribution in [2.75, 3.05) is 131 Å². The number of Topliss-reactive ketones (excluding diaryl/α,β-unsaturated/α-hetero) is 3. The Labute approximate surface area is 836 Å². The van der Waals surface area contributed by atoms with Gasteiger partial charge >= 0.3 is 0 Å². The van der Waals surface area contributed by atoms with E-state index >= 15 is 0 Å². The van der Waals surface area contributed by atoms with Crippen LogP contribution in [0, 0.1) is 23.7 Å². The molecule has 10 bridgehead atoms. The number of carbonyl (C=O) groups excluding carboxylic acids is 9. The molecule has 0 amide bonds. The van der Waals surface area contributed by atoms with Crippen LogP contribution in [-0.2, 0) is 43.2 Å². The molecule has 0 radical (unpaired) electrons. The van der Waals surface area contributed by atoms with Crippen molar-refractivity contribution in [1.29, 1.82) is 0 Å². The second-order valence-corrected chi connectivity index (χ2v) is 42.4. The molecule has 5 atom stereocenters. The lowest BCUT2D eigenvalue weighted by Crippen LogP contribution is -2.58. The van der Waals surface area contributed by atoms with Crippen molar-refractivity contribution >= 4 is 70.7 Å². The number of carbonyl (C=O) groups is 9. The molecular formula is C114H194N12O12. The van der Waals surface area contributed by atoms with Crippen LogP contribution < -0.4 is 0 Å². The van der Waals surface area contributed by atoms with E-state index in [2.05, 4.69) is 106 Å². The Bertz CT molecular complexity index is 3460. The van der Waals surface area contributed by atoms with Gasteiger partial charge in [0.15, 0.2) is 52.0 Å². The molecule has 3 N–H and O–H groups in total. The Morgan fingerprint density at radius 1 is 0.254 bits per heavy atom. The summed E-state index contributed by atoms with van der Waals surface area (Å²) in [5, 5.41) is 32.8. The van der Waals surface area contributed by atoms with Crippen molar-refractivity contribution in [2.45, 2.75) is 422 Å². The summed E-state index contributed by atoms with van der Waals surface area (Å²) in [6.07, 6.45) is 80.3. The number of unbranched alkanes of at least 4 members (excludes halogenated alkanes) is 2. The molecule has 24 nitrogen and oxygen atoms in total. The highest BCUT2D eigenvalue weighted by molar-refractivity contribution is 6.28. The first-order valence-electron chi connectivity index (χ1n) is 55.9. The normalized spacial score (nSPS) is 25.4. The molecule has 15 rings (SSSR count). The van der Waals surface area contributed by atoms with Crippen molar-refractivity contribution in [1.82, 2.24) is 44.1 Å². The van der Waals surface area contributed by atoms with Crippen molar-refractivity contribution < 1.29 is 58.8 Å². The van der Waals surface area contributed by atoms with E-state index in [0.29, 0.717) is 63.8 Å². The first kappa shape index (κ1) is 120. The summed E-state index contributed by atoms with van der Waals surface area (Å²) in [5.74, 6) is 4.76. The molecule has 15 fully saturated rings. The van der Waals surface area contributed by atoms with Gasteiger partial charge in [0.1, 0.15) is 18.6 Å². The predicted molar refractivity (Wildman–Crippen MR) is 565 cm³/mol. The Morgan fingerprint density at radius 3 is 0.804 bits per heavy atom. The van der Waals surface area contributed by atoms with E-state index in [0.717, 1.165) is 188 Å². The lowest BCUT2D eigenvalue weighted by atomic mass is 9.63. The molecule has 0 aromatic heterocycles. The molecule has 782 valence electrons. The quantitative estimate of drug-likeness (QED) is 0.0168. The van der Waals surface area contributed by atoms with Gasteiger partial charge in [-0.05, 0) is 422 Å². The van der Waals surface area contributed by atoms with E-state index in [1.54, 1.807) is 0 Å². The third-order valence-electron chi connectivity index (χ3n) is 31.8. The monoisotopic (exact) mass is 1920 g/mol. The molecule has 24 heteroatoms. The lowest BCUT2D eigenvalue weighted by Gasteiger charge is -2.56. The minimum Gasteiger partial charge on any atom is -0.411 e. The van der Waals surface area contributed by atoms with E-state index in [1.165, 1.54) is 372 Å². The molecule has 0 spiro atoms. The highest BCUT2D eigenvalue weighted by atomic mass is 16.4. The zero-order valence-corrected chi connectivity index (χ0v) is 86.8. The van der Waals surface area contributed by atoms with Gasteiger partial charge in [-0.1, -0.05) is 132 Å². The topological polar surface area (TPSA) is 281 Å². The summed E-state index contributed by atoms with van der Waals surface area (Å²) < 4.78 is 0. The number of piperidine rings is 5. The number of nitrogens with zero attached hydrogens (tertiary/aromatic N) is 12. The van der Waals surface area contributed by atoms with Gasteiger partial charge < -0.3 is 45.0 Å². The molecule has 0 aromatic carbocycles. The van der Waals surface area contributed by atoms with Crippen molar-refractivity contribution in [3.63, 3.8) is 0 Å². The van der Waals surface area contributed by atoms with Gasteiger partial charge in [-0.25, -0.2) is 0 Å². The van der Waals surface area contributed by atoms with Crippen molar-refractivity contribution in [3.8, 4) is 0 Å². The minimum absolute atomic E-state index is 0.0770. The summed E-state index contributed by atoms with van der Waals surface area (Å²) in [7, 11) is 0. The van der Waals surface area contributed by atoms with Gasteiger partial charge in [-0.15, -0.1) is 0 Å². The first-order chi connectivity index (χ1) is 67.2. The van der Waals surface area contributed by atoms with E-state index < -0.39 is 0 Å². The SMILES string of the molecule is C=CC(=O)CCC(C)N1CCCCCC1.C=CC(=O)CCCCN1CCCCC1.C=CC(=O)CCCCN1CCCCCCC1.C=CC(=O)CCCN1C2CC3CC(C2)CC1C3.C=CC(=O)CCCN1CCCCCC1.C=CC(=O)CCCN1CCCCCCC1.O=C(/C=N/O)CCCN1C2CCC1CC2.O=C(/C=N/O)CCCN1C2CCCC1CC2.O=C(/C=N/O)CCCN1CC2CCC(C2)C1. The smallest absolute Gasteiger partial charge is 0.177 e. The van der Waals surface area contributed by atoms with Gasteiger partial charge in [0, 0.05) is 113 Å². The van der Waals surface area contributed by atoms with Crippen molar-refractivity contribution in [3.05, 3.63) is 75.9 Å². The number of likely N-dealkylation sites (tertiary alicyclic amines) is 6. The van der Waals surface area contributed by atoms with Crippen LogP contribution in [0.25, 0.3) is 0 Å². The zero-order valence-electron chi connectivity index (χ0n) is 86.8. The molecule has 0 aromatic rings. The summed E-state index contributed by atoms with van der Waals surface area (Å²) in [6, 6.07) is 5.39. The Balaban J connectivity index is 0.000000238. The second kappa shape index (κ2) is 75.3. The summed E-state index contributed by atoms with van der Waals surface area (Å²) in [6.45, 7) is 46.7. The van der Waals surface area contributed by atoms with E-state index in [1.807, 2.05) is 0 Å². The van der Waals surface area contributed by atoms with Crippen LogP contribution in [0.4, 0.5) is 0 Å². The maximum atomic E-state index is 11.2. The van der Waals surface area contributed by atoms with E-state index in [-0.39, 0.29) is 52.0 Å². The van der Waals surface area contributed by atoms with Crippen LogP contribution in [0.1, 0.15) is 379 Å². The molecule has 12 saturated heterocycles. The maximum Gasteiger partial charge on any atom is 0.177 e. The standard InChI is InChI=1S/C15H23NO.C14H25NO.2C13H23NO.2C12H20N2O2.2C12H21NO.C11H18N2O2/c1-2-15(17)4-3-5-16-13-7-11-6-12(9-13)10-14(16)8-11;1-2-14(16)10-6-9-13-15-11-7-4-3-5-8-12-15;1-3-13(15)9-8-12(2)14-10-6-4-5-7-11-14;1-2-13(15)9-8-12-14-10-6-4-3-5-7-11-14;15-12(9-13-16)5-2-8-14-10-3-1-4-11(14)7-6-10;15-12(7-13-16)2-1-5-14-8-10-3-4-11(6-10)9-14;1-2-12(14)8-4-7-11-13-9-5-3-6-10-13;1-2-12(14)8-7-11-13-9-5-3-4-6-10-13;14-11(8-12-15)2-1-7-13-9-3-4-10(13)6-5-9/h2,11-14H,1,3-10H2;2H,1,3-13H2;3,12H,1,4-11H2,2H3;2H,1,3-12H2;9-11,16H,1-8H2;7,10-11,16H,1-6,8-9H2;2*2H,1,3-11H2;8-10,15H,1-7H2/b;;;;13-9+;13-7+;;;12-8+. The molecule has 3 aliphatic carbocycles. The van der Waals surface area contributed by atoms with Crippen LogP contribution in [0.3, 0.4) is 0 Å². The summed E-state index contributed by atoms with van der Waals surface area (Å²) in [4.78, 5) is 123. The summed E-state index contributed by atoms with van der Waals surface area (Å²) >= 11 is 0. The molecule has 12 heterocycles. The number of allylic oxidation sites excluding steroid dienone is 6. The second-order valence-electron chi connectivity index (χ2n) is 42.4. The van der Waals surface area contributed by atoms with E-state index in [9.17, 15) is 43.2 Å². The fraction of sp³-hybridized carbons (Fsp3) is 0.789. The zero-order chi connectivity index (χ0) is 99.4. The van der Waals surface area contributed by atoms with Crippen LogP contribution in [0.15, 0.2) is 91.4 Å². The molecule has 15 aliphatic rings. The van der Waals surface area contributed by atoms with Gasteiger partial charge in [0.05, 0.1) is 0 Å². The van der Waals surface area contributed by atoms with Gasteiger partial charge in [-0.3, -0.25) is 57.9 Å². The molecule has 138 heavy (non-hydrogen) atoms. The Morgan fingerprint density at radius 2 is 0.493 bits per heavy atom. The van der Waals surface area contributed by atoms with Crippen LogP contribution in [-0.4, -0.2) is 304 Å². The highest BCUT2D eigenvalue weighted by Crippen LogP contribution is 2.49. The number of rotatable bonds is 47. The van der Waals surface area contributed by atoms with Crippen LogP contribution >= 0.6 is 0 Å². The lowest BCUT2D eigenvalue weighted by molar-refractivity contribution is -0.115. The number of ketones is 9. The number of fused-ring (bicyclic) bond motifs is 6. The van der Waals surface area contributed by atoms with E-state index in [4.69, 9.17) is 15.6 Å². The third kappa shape index (κ3) is 52.7. The summed E-state index contributed by atoms with van der Waals surface area (Å²) in [5.41, 5.74) is 0. The number of hydrogen-bond acceptors (Lipinski definition) is 24. The molecular weight excluding hydrogens is 1730 g/mol. The molecule has 3 saturated carbocycles. The fourth-order valence-electron chi connectivity index (χ4n) is 24.1. The van der Waals surface area contributed by atoms with Crippen LogP contribution in [0.2, 0.25) is 0 Å². The molecule has 5 unspecified atom stereocenters. The average molecular weight is 1920 g/mol. The maximum absolute atomic E-state index is 11.2. The average Bonchev–Trinajstić information content (AvgIpc) is 1.25. The first-order valence-corrected chi connectivity index (χ1v) is 55.9. The van der Waals surface area contributed by atoms with Gasteiger partial charge in [-0.2, -0.15) is 0 Å². The number of oxime groups is 3. The predicted octanol–water partition coefficient (Wildman–Crippen LogP) is 21.1. The number of hydrogen-bond donors (Lipinski definition) is 3. The highest BCUT2D eigenvalue weighted by Gasteiger charge is 2.47. The van der Waals surface area contributed by atoms with Gasteiger partial charge in [0.25, 0.3) is 0 Å². The Hall–Kier alpha value is -6.48. The molecule has 12 aliphatic heterocycles. The van der Waals surface area contributed by atoms with Gasteiger partial charge in [0.2, 0.25) is 0 Å².